The highest BCUT2D eigenvalue weighted by atomic mass is 35.5. The molecule has 80 valence electrons. The van der Waals surface area contributed by atoms with Crippen LogP contribution in [0.25, 0.3) is 10.9 Å². The van der Waals surface area contributed by atoms with Crippen LogP contribution < -0.4 is 4.74 Å². The van der Waals surface area contributed by atoms with Crippen molar-refractivity contribution in [3.63, 3.8) is 0 Å². The summed E-state index contributed by atoms with van der Waals surface area (Å²) in [5, 5.41) is 1.10. The van der Waals surface area contributed by atoms with Crippen LogP contribution in [0.3, 0.4) is 0 Å². The van der Waals surface area contributed by atoms with Crippen LogP contribution >= 0.6 is 11.6 Å². The predicted molar refractivity (Wildman–Crippen MR) is 58.9 cm³/mol. The van der Waals surface area contributed by atoms with Gasteiger partial charge < -0.3 is 14.3 Å². The van der Waals surface area contributed by atoms with Gasteiger partial charge in [0.15, 0.2) is 16.8 Å². The fraction of sp³-hybridized carbons (Fsp3) is 0.111. The van der Waals surface area contributed by atoms with Crippen LogP contribution in [0.5, 0.6) is 5.75 Å². The lowest BCUT2D eigenvalue weighted by Crippen LogP contribution is -1.87. The first-order valence-electron chi connectivity index (χ1n) is 4.09. The molecule has 0 saturated heterocycles. The number of halogens is 1. The van der Waals surface area contributed by atoms with E-state index >= 15 is 0 Å². The van der Waals surface area contributed by atoms with Gasteiger partial charge in [-0.3, -0.25) is 0 Å². The van der Waals surface area contributed by atoms with Gasteiger partial charge >= 0.3 is 0 Å². The number of hydrogen-bond acceptors (Lipinski definition) is 2. The summed E-state index contributed by atoms with van der Waals surface area (Å²) in [7, 11) is 1.50. The summed E-state index contributed by atoms with van der Waals surface area (Å²) in [5.74, 6) is 0.478. The summed E-state index contributed by atoms with van der Waals surface area (Å²) >= 11 is 3.89. The molecule has 0 aliphatic heterocycles. The molecule has 6 heteroatoms. The average Bonchev–Trinajstić information content (AvgIpc) is 2.61. The number of rotatable bonds is 2. The van der Waals surface area contributed by atoms with Crippen molar-refractivity contribution < 1.29 is 13.5 Å². The van der Waals surface area contributed by atoms with Gasteiger partial charge in [-0.25, -0.2) is 4.21 Å². The summed E-state index contributed by atoms with van der Waals surface area (Å²) < 4.78 is 25.1. The Labute approximate surface area is 93.5 Å². The maximum absolute atomic E-state index is 11.0. The molecule has 0 fully saturated rings. The third-order valence-corrected chi connectivity index (χ3v) is 3.13. The van der Waals surface area contributed by atoms with Gasteiger partial charge in [-0.15, -0.1) is 0 Å². The lowest BCUT2D eigenvalue weighted by molar-refractivity contribution is 0.419. The first kappa shape index (κ1) is 10.5. The highest BCUT2D eigenvalue weighted by Crippen LogP contribution is 2.34. The summed E-state index contributed by atoms with van der Waals surface area (Å²) in [6.45, 7) is 0. The minimum absolute atomic E-state index is 0.319. The molecule has 0 radical (unpaired) electrons. The Balaban J connectivity index is 2.80. The van der Waals surface area contributed by atoms with Crippen LogP contribution in [0.4, 0.5) is 0 Å². The van der Waals surface area contributed by atoms with Crippen LogP contribution in [0, 0.1) is 0 Å². The molecule has 0 amide bonds. The lowest BCUT2D eigenvalue weighted by atomic mass is 10.2. The number of fused-ring (bicyclic) bond motifs is 1. The monoisotopic (exact) mass is 245 g/mol. The maximum Gasteiger partial charge on any atom is 0.188 e. The van der Waals surface area contributed by atoms with Crippen LogP contribution in [-0.4, -0.2) is 20.9 Å². The molecular weight excluding hydrogens is 238 g/mol. The van der Waals surface area contributed by atoms with Gasteiger partial charge in [0.25, 0.3) is 0 Å². The number of nitrogens with one attached hydrogen (secondary N) is 1. The summed E-state index contributed by atoms with van der Waals surface area (Å²) in [5.41, 5.74) is 0.627. The number of aromatic nitrogens is 1. The Morgan fingerprint density at radius 2 is 2.27 bits per heavy atom. The molecule has 15 heavy (non-hydrogen) atoms. The zero-order valence-corrected chi connectivity index (χ0v) is 9.35. The molecule has 0 bridgehead atoms. The zero-order valence-electron chi connectivity index (χ0n) is 7.78. The zero-order chi connectivity index (χ0) is 11.0. The van der Waals surface area contributed by atoms with E-state index in [1.807, 2.05) is 0 Å². The third kappa shape index (κ3) is 1.62. The standard InChI is InChI=1S/C9H8ClNO3S/c1-14-9-6(10)3-2-5-7(15(12)13)4-11-8(5)9/h2-4,11H,1H3,(H,12,13). The van der Waals surface area contributed by atoms with Crippen molar-refractivity contribution in [3.8, 4) is 5.75 Å². The molecule has 4 nitrogen and oxygen atoms in total. The van der Waals surface area contributed by atoms with Crippen LogP contribution in [0.1, 0.15) is 0 Å². The molecule has 0 aliphatic rings. The van der Waals surface area contributed by atoms with E-state index in [2.05, 4.69) is 4.98 Å². The van der Waals surface area contributed by atoms with E-state index in [1.165, 1.54) is 13.3 Å². The predicted octanol–water partition coefficient (Wildman–Crippen LogP) is 2.41. The van der Waals surface area contributed by atoms with Gasteiger partial charge in [0, 0.05) is 11.6 Å². The molecule has 0 spiro atoms. The van der Waals surface area contributed by atoms with Crippen LogP contribution in [0.2, 0.25) is 5.02 Å². The lowest BCUT2D eigenvalue weighted by Gasteiger charge is -2.03. The first-order chi connectivity index (χ1) is 7.15. The van der Waals surface area contributed by atoms with E-state index in [-0.39, 0.29) is 0 Å². The fourth-order valence-electron chi connectivity index (χ4n) is 1.47. The minimum Gasteiger partial charge on any atom is -0.493 e. The van der Waals surface area contributed by atoms with Crippen molar-refractivity contribution in [1.82, 2.24) is 4.98 Å². The van der Waals surface area contributed by atoms with Crippen LogP contribution in [0.15, 0.2) is 23.2 Å². The van der Waals surface area contributed by atoms with Crippen molar-refractivity contribution in [2.45, 2.75) is 4.90 Å². The molecule has 2 rings (SSSR count). The van der Waals surface area contributed by atoms with Crippen LogP contribution in [-0.2, 0) is 11.1 Å². The minimum atomic E-state index is -2.02. The second kappa shape index (κ2) is 3.84. The first-order valence-corrected chi connectivity index (χ1v) is 5.58. The number of methoxy groups -OCH3 is 1. The average molecular weight is 246 g/mol. The number of ether oxygens (including phenoxy) is 1. The van der Waals surface area contributed by atoms with Crippen molar-refractivity contribution in [1.29, 1.82) is 0 Å². The maximum atomic E-state index is 11.0. The highest BCUT2D eigenvalue weighted by Gasteiger charge is 2.13. The molecule has 1 atom stereocenters. The van der Waals surface area contributed by atoms with E-state index in [9.17, 15) is 4.21 Å². The molecule has 0 aliphatic carbocycles. The quantitative estimate of drug-likeness (QED) is 0.799. The van der Waals surface area contributed by atoms with Gasteiger partial charge in [0.05, 0.1) is 22.5 Å². The van der Waals surface area contributed by atoms with Crippen molar-refractivity contribution in [3.05, 3.63) is 23.4 Å². The van der Waals surface area contributed by atoms with E-state index in [4.69, 9.17) is 20.9 Å². The van der Waals surface area contributed by atoms with E-state index in [1.54, 1.807) is 12.1 Å². The Bertz CT molecular complexity index is 537. The molecule has 1 aromatic carbocycles. The summed E-state index contributed by atoms with van der Waals surface area (Å²) in [6.07, 6.45) is 1.47. The molecule has 2 aromatic rings. The number of hydrogen-bond donors (Lipinski definition) is 2. The van der Waals surface area contributed by atoms with E-state index < -0.39 is 11.1 Å². The normalized spacial score (nSPS) is 13.0. The Morgan fingerprint density at radius 1 is 1.53 bits per heavy atom. The van der Waals surface area contributed by atoms with Gasteiger partial charge in [-0.1, -0.05) is 11.6 Å². The SMILES string of the molecule is COc1c(Cl)ccc2c(S(=O)O)c[nH]c12. The van der Waals surface area contributed by atoms with Gasteiger partial charge in [-0.05, 0) is 12.1 Å². The summed E-state index contributed by atoms with van der Waals surface area (Å²) in [4.78, 5) is 3.19. The van der Waals surface area contributed by atoms with E-state index in [0.717, 1.165) is 0 Å². The molecule has 1 aromatic heterocycles. The highest BCUT2D eigenvalue weighted by molar-refractivity contribution is 7.79. The van der Waals surface area contributed by atoms with Gasteiger partial charge in [-0.2, -0.15) is 0 Å². The number of benzene rings is 1. The topological polar surface area (TPSA) is 62.3 Å². The Hall–Kier alpha value is -1.04. The largest absolute Gasteiger partial charge is 0.493 e. The Morgan fingerprint density at radius 3 is 2.87 bits per heavy atom. The molecule has 2 N–H and O–H groups in total. The number of aromatic amines is 1. The van der Waals surface area contributed by atoms with Gasteiger partial charge in [0.1, 0.15) is 0 Å². The van der Waals surface area contributed by atoms with Crippen molar-refractivity contribution >= 4 is 33.6 Å². The second-order valence-corrected chi connectivity index (χ2v) is 4.25. The smallest absolute Gasteiger partial charge is 0.188 e. The van der Waals surface area contributed by atoms with Crippen molar-refractivity contribution in [2.75, 3.05) is 7.11 Å². The molecule has 1 heterocycles. The van der Waals surface area contributed by atoms with E-state index in [0.29, 0.717) is 26.6 Å². The molecule has 1 unspecified atom stereocenters. The summed E-state index contributed by atoms with van der Waals surface area (Å²) in [6, 6.07) is 3.31. The fourth-order valence-corrected chi connectivity index (χ4v) is 2.22. The second-order valence-electron chi connectivity index (χ2n) is 2.91. The van der Waals surface area contributed by atoms with Crippen molar-refractivity contribution in [2.24, 2.45) is 0 Å². The molecule has 0 saturated carbocycles. The molecular formula is C9H8ClNO3S. The number of H-pyrrole nitrogens is 1. The third-order valence-electron chi connectivity index (χ3n) is 2.11. The van der Waals surface area contributed by atoms with Gasteiger partial charge in [0.2, 0.25) is 0 Å². The Kier molecular flexibility index (Phi) is 2.68.